The zero-order valence-electron chi connectivity index (χ0n) is 12.9. The number of hydrogen-bond donors (Lipinski definition) is 2. The molecule has 0 atom stereocenters. The van der Waals surface area contributed by atoms with Gasteiger partial charge in [0.15, 0.2) is 0 Å². The van der Waals surface area contributed by atoms with Gasteiger partial charge in [-0.2, -0.15) is 13.2 Å². The molecule has 2 rings (SSSR count). The van der Waals surface area contributed by atoms with E-state index in [2.05, 4.69) is 4.72 Å². The van der Waals surface area contributed by atoms with Crippen molar-refractivity contribution >= 4 is 37.5 Å². The molecule has 0 unspecified atom stereocenters. The Balaban J connectivity index is 2.33. The van der Waals surface area contributed by atoms with Gasteiger partial charge in [-0.25, -0.2) is 22.0 Å². The lowest BCUT2D eigenvalue weighted by atomic mass is 10.3. The molecule has 2 aromatic rings. The van der Waals surface area contributed by atoms with Crippen molar-refractivity contribution < 1.29 is 30.0 Å². The lowest BCUT2D eigenvalue weighted by molar-refractivity contribution is -0.105. The van der Waals surface area contributed by atoms with E-state index < -0.39 is 36.9 Å². The predicted octanol–water partition coefficient (Wildman–Crippen LogP) is 2.79. The number of benzene rings is 2. The van der Waals surface area contributed by atoms with E-state index in [1.807, 2.05) is 0 Å². The summed E-state index contributed by atoms with van der Waals surface area (Å²) < 4.78 is 87.0. The Labute approximate surface area is 152 Å². The Morgan fingerprint density at radius 2 is 1.58 bits per heavy atom. The normalized spacial score (nSPS) is 12.8. The quantitative estimate of drug-likeness (QED) is 0.691. The molecule has 2 aromatic carbocycles. The second kappa shape index (κ2) is 7.47. The second-order valence-electron chi connectivity index (χ2n) is 5.03. The summed E-state index contributed by atoms with van der Waals surface area (Å²) >= 11 is 0.429. The fraction of sp³-hybridized carbons (Fsp3) is 0.143. The van der Waals surface area contributed by atoms with Crippen LogP contribution in [0.4, 0.5) is 18.9 Å². The third kappa shape index (κ3) is 5.62. The van der Waals surface area contributed by atoms with Gasteiger partial charge in [0.2, 0.25) is 10.0 Å². The van der Waals surface area contributed by atoms with Crippen LogP contribution in [0.1, 0.15) is 0 Å². The highest BCUT2D eigenvalue weighted by Crippen LogP contribution is 2.33. The first-order valence-electron chi connectivity index (χ1n) is 6.83. The maximum atomic E-state index is 12.5. The van der Waals surface area contributed by atoms with E-state index in [4.69, 9.17) is 5.14 Å². The average molecular weight is 426 g/mol. The van der Waals surface area contributed by atoms with Gasteiger partial charge < -0.3 is 0 Å². The Morgan fingerprint density at radius 1 is 0.962 bits per heavy atom. The SMILES string of the molecule is NS(=O)(=O)c1cccc(S(=O)(=O)Nc2ccccc2SCC(F)(F)F)c1. The maximum Gasteiger partial charge on any atom is 0.398 e. The number of primary sulfonamides is 1. The highest BCUT2D eigenvalue weighted by Gasteiger charge is 2.28. The van der Waals surface area contributed by atoms with Crippen LogP contribution in [0, 0.1) is 0 Å². The van der Waals surface area contributed by atoms with E-state index >= 15 is 0 Å². The van der Waals surface area contributed by atoms with E-state index in [0.29, 0.717) is 11.8 Å². The minimum Gasteiger partial charge on any atom is -0.278 e. The molecule has 0 aliphatic heterocycles. The number of nitrogens with one attached hydrogen (secondary N) is 1. The number of halogens is 3. The van der Waals surface area contributed by atoms with E-state index in [1.165, 1.54) is 30.3 Å². The van der Waals surface area contributed by atoms with Gasteiger partial charge in [0.05, 0.1) is 21.2 Å². The smallest absolute Gasteiger partial charge is 0.278 e. The van der Waals surface area contributed by atoms with Crippen molar-refractivity contribution in [1.82, 2.24) is 0 Å². The number of sulfonamides is 2. The second-order valence-corrected chi connectivity index (χ2v) is 9.29. The summed E-state index contributed by atoms with van der Waals surface area (Å²) in [7, 11) is -8.35. The highest BCUT2D eigenvalue weighted by atomic mass is 32.2. The number of rotatable bonds is 6. The molecule has 0 heterocycles. The predicted molar refractivity (Wildman–Crippen MR) is 91.8 cm³/mol. The number of para-hydroxylation sites is 1. The van der Waals surface area contributed by atoms with E-state index in [-0.39, 0.29) is 15.5 Å². The van der Waals surface area contributed by atoms with Crippen LogP contribution in [0.5, 0.6) is 0 Å². The molecule has 0 aliphatic carbocycles. The van der Waals surface area contributed by atoms with Gasteiger partial charge in [0.1, 0.15) is 0 Å². The first-order chi connectivity index (χ1) is 11.9. The molecule has 0 saturated heterocycles. The van der Waals surface area contributed by atoms with Crippen molar-refractivity contribution in [2.24, 2.45) is 5.14 Å². The van der Waals surface area contributed by atoms with Crippen LogP contribution in [0.3, 0.4) is 0 Å². The highest BCUT2D eigenvalue weighted by molar-refractivity contribution is 7.99. The van der Waals surface area contributed by atoms with Crippen LogP contribution < -0.4 is 9.86 Å². The average Bonchev–Trinajstić information content (AvgIpc) is 2.52. The zero-order valence-corrected chi connectivity index (χ0v) is 15.3. The molecule has 0 saturated carbocycles. The van der Waals surface area contributed by atoms with Crippen molar-refractivity contribution in [3.8, 4) is 0 Å². The number of nitrogens with two attached hydrogens (primary N) is 1. The molecule has 0 radical (unpaired) electrons. The van der Waals surface area contributed by atoms with Gasteiger partial charge >= 0.3 is 6.18 Å². The molecular weight excluding hydrogens is 413 g/mol. The van der Waals surface area contributed by atoms with Gasteiger partial charge in [0, 0.05) is 4.90 Å². The lowest BCUT2D eigenvalue weighted by Crippen LogP contribution is -2.16. The molecule has 0 aliphatic rings. The summed E-state index contributed by atoms with van der Waals surface area (Å²) in [5.74, 6) is -1.19. The summed E-state index contributed by atoms with van der Waals surface area (Å²) in [5, 5.41) is 4.97. The van der Waals surface area contributed by atoms with Crippen molar-refractivity contribution in [3.05, 3.63) is 48.5 Å². The summed E-state index contributed by atoms with van der Waals surface area (Å²) in [6.45, 7) is 0. The van der Waals surface area contributed by atoms with E-state index in [0.717, 1.165) is 18.2 Å². The van der Waals surface area contributed by atoms with Crippen molar-refractivity contribution in [2.75, 3.05) is 10.5 Å². The first kappa shape index (κ1) is 20.6. The van der Waals surface area contributed by atoms with Crippen molar-refractivity contribution in [2.45, 2.75) is 20.9 Å². The van der Waals surface area contributed by atoms with Crippen LogP contribution >= 0.6 is 11.8 Å². The maximum absolute atomic E-state index is 12.5. The van der Waals surface area contributed by atoms with Crippen LogP contribution in [-0.4, -0.2) is 28.8 Å². The third-order valence-electron chi connectivity index (χ3n) is 2.97. The largest absolute Gasteiger partial charge is 0.398 e. The Kier molecular flexibility index (Phi) is 5.90. The molecule has 0 spiro atoms. The third-order valence-corrected chi connectivity index (χ3v) is 6.38. The van der Waals surface area contributed by atoms with Crippen molar-refractivity contribution in [3.63, 3.8) is 0 Å². The fourth-order valence-corrected chi connectivity index (χ4v) is 4.45. The molecule has 12 heteroatoms. The molecule has 142 valence electrons. The molecular formula is C14H13F3N2O4S3. The molecule has 0 bridgehead atoms. The first-order valence-corrected chi connectivity index (χ1v) is 10.8. The zero-order chi connectivity index (χ0) is 19.6. The summed E-state index contributed by atoms with van der Waals surface area (Å²) in [5.41, 5.74) is -0.0530. The molecule has 6 nitrogen and oxygen atoms in total. The van der Waals surface area contributed by atoms with Crippen LogP contribution in [0.2, 0.25) is 0 Å². The monoisotopic (exact) mass is 426 g/mol. The van der Waals surface area contributed by atoms with Gasteiger partial charge in [-0.3, -0.25) is 4.72 Å². The van der Waals surface area contributed by atoms with E-state index in [1.54, 1.807) is 0 Å². The lowest BCUT2D eigenvalue weighted by Gasteiger charge is -2.13. The number of thioether (sulfide) groups is 1. The number of anilines is 1. The molecule has 26 heavy (non-hydrogen) atoms. The van der Waals surface area contributed by atoms with Gasteiger partial charge in [-0.1, -0.05) is 18.2 Å². The summed E-state index contributed by atoms with van der Waals surface area (Å²) in [6.07, 6.45) is -4.42. The Bertz CT molecular complexity index is 1010. The van der Waals surface area contributed by atoms with Gasteiger partial charge in [-0.05, 0) is 30.3 Å². The summed E-state index contributed by atoms with van der Waals surface area (Å²) in [4.78, 5) is -0.712. The van der Waals surface area contributed by atoms with Crippen molar-refractivity contribution in [1.29, 1.82) is 0 Å². The number of alkyl halides is 3. The number of hydrogen-bond acceptors (Lipinski definition) is 5. The van der Waals surface area contributed by atoms with Gasteiger partial charge in [-0.15, -0.1) is 11.8 Å². The van der Waals surface area contributed by atoms with Crippen LogP contribution in [0.25, 0.3) is 0 Å². The Morgan fingerprint density at radius 3 is 2.19 bits per heavy atom. The van der Waals surface area contributed by atoms with Crippen LogP contribution in [0.15, 0.2) is 63.2 Å². The molecule has 0 aromatic heterocycles. The fourth-order valence-electron chi connectivity index (χ4n) is 1.86. The molecule has 3 N–H and O–H groups in total. The minimum absolute atomic E-state index is 0.0530. The standard InChI is InChI=1S/C14H13F3N2O4S3/c15-14(16,17)9-24-13-7-2-1-6-12(13)19-26(22,23)11-5-3-4-10(8-11)25(18,20)21/h1-8,19H,9H2,(H2,18,20,21). The molecule has 0 fully saturated rings. The van der Waals surface area contributed by atoms with Gasteiger partial charge in [0.25, 0.3) is 10.0 Å². The Hall–Kier alpha value is -1.76. The molecule has 0 amide bonds. The topological polar surface area (TPSA) is 106 Å². The minimum atomic E-state index is -4.42. The van der Waals surface area contributed by atoms with Crippen LogP contribution in [-0.2, 0) is 20.0 Å². The van der Waals surface area contributed by atoms with E-state index in [9.17, 15) is 30.0 Å². The summed E-state index contributed by atoms with van der Waals surface area (Å²) in [6, 6.07) is 9.90.